The van der Waals surface area contributed by atoms with Crippen LogP contribution in [0.3, 0.4) is 0 Å². The number of rotatable bonds is 14. The Balaban J connectivity index is 0.923. The molecule has 63 heavy (non-hydrogen) atoms. The normalized spacial score (nSPS) is 19.0. The molecule has 2 fully saturated rings. The van der Waals surface area contributed by atoms with Crippen molar-refractivity contribution in [3.05, 3.63) is 115 Å². The molecule has 14 heteroatoms. The summed E-state index contributed by atoms with van der Waals surface area (Å²) < 4.78 is 18.6. The molecule has 0 radical (unpaired) electrons. The van der Waals surface area contributed by atoms with Crippen LogP contribution >= 0.6 is 0 Å². The smallest absolute Gasteiger partial charge is 0.228 e. The van der Waals surface area contributed by atoms with Crippen molar-refractivity contribution < 1.29 is 33.1 Å². The molecule has 2 saturated heterocycles. The van der Waals surface area contributed by atoms with Crippen molar-refractivity contribution >= 4 is 35.0 Å². The van der Waals surface area contributed by atoms with Gasteiger partial charge in [0.25, 0.3) is 0 Å². The highest BCUT2D eigenvalue weighted by molar-refractivity contribution is 5.93. The minimum atomic E-state index is -0.383. The van der Waals surface area contributed by atoms with E-state index in [9.17, 15) is 19.2 Å². The minimum Gasteiger partial charge on any atom is -0.436 e. The van der Waals surface area contributed by atoms with Gasteiger partial charge in [-0.3, -0.25) is 29.1 Å². The summed E-state index contributed by atoms with van der Waals surface area (Å²) in [6.07, 6.45) is 6.33. The molecule has 5 aromatic rings. The maximum atomic E-state index is 13.4. The molecule has 4 atom stereocenters. The lowest BCUT2D eigenvalue weighted by Gasteiger charge is -2.25. The van der Waals surface area contributed by atoms with E-state index in [2.05, 4.69) is 25.6 Å². The van der Waals surface area contributed by atoms with E-state index < -0.39 is 0 Å². The van der Waals surface area contributed by atoms with Gasteiger partial charge in [0.15, 0.2) is 5.76 Å². The van der Waals surface area contributed by atoms with Gasteiger partial charge < -0.3 is 34.3 Å². The summed E-state index contributed by atoms with van der Waals surface area (Å²) in [4.78, 5) is 70.1. The second-order valence-electron chi connectivity index (χ2n) is 18.3. The number of hydrogen-bond donors (Lipinski definition) is 2. The summed E-state index contributed by atoms with van der Waals surface area (Å²) in [6, 6.07) is 24.9. The molecule has 0 aliphatic carbocycles. The van der Waals surface area contributed by atoms with Gasteiger partial charge in [0.2, 0.25) is 29.5 Å². The lowest BCUT2D eigenvalue weighted by Crippen LogP contribution is -2.39. The third kappa shape index (κ3) is 12.7. The van der Waals surface area contributed by atoms with Gasteiger partial charge in [0.05, 0.1) is 42.4 Å². The molecule has 2 aliphatic rings. The molecule has 4 amide bonds. The fourth-order valence-electron chi connectivity index (χ4n) is 8.24. The van der Waals surface area contributed by atoms with Crippen molar-refractivity contribution in [2.75, 3.05) is 23.7 Å². The van der Waals surface area contributed by atoms with Crippen LogP contribution in [0, 0.1) is 0 Å². The second-order valence-corrected chi connectivity index (χ2v) is 18.3. The van der Waals surface area contributed by atoms with E-state index in [1.54, 1.807) is 52.7 Å². The zero-order valence-electron chi connectivity index (χ0n) is 36.9. The van der Waals surface area contributed by atoms with Crippen LogP contribution in [0.4, 0.5) is 11.4 Å². The van der Waals surface area contributed by atoms with Crippen molar-refractivity contribution in [1.82, 2.24) is 24.8 Å². The number of anilines is 2. The topological polar surface area (TPSA) is 169 Å². The Hall–Kier alpha value is -6.25. The highest BCUT2D eigenvalue weighted by Gasteiger charge is 2.40. The number of aromatic nitrogens is 3. The molecule has 2 aromatic carbocycles. The Bertz CT molecular complexity index is 2180. The van der Waals surface area contributed by atoms with Crippen LogP contribution in [0.25, 0.3) is 22.8 Å². The van der Waals surface area contributed by atoms with Gasteiger partial charge in [-0.1, -0.05) is 12.1 Å². The molecule has 3 aromatic heterocycles. The predicted octanol–water partition coefficient (Wildman–Crippen LogP) is 7.51. The summed E-state index contributed by atoms with van der Waals surface area (Å²) in [5.74, 6) is 0.383. The lowest BCUT2D eigenvalue weighted by molar-refractivity contribution is -0.134. The largest absolute Gasteiger partial charge is 0.436 e. The molecule has 0 bridgehead atoms. The van der Waals surface area contributed by atoms with Gasteiger partial charge in [-0.05, 0) is 127 Å². The number of pyridine rings is 2. The molecular weight excluding hydrogens is 799 g/mol. The van der Waals surface area contributed by atoms with E-state index in [4.69, 9.17) is 13.9 Å². The van der Waals surface area contributed by atoms with Crippen LogP contribution in [-0.4, -0.2) is 97.0 Å². The Morgan fingerprint density at radius 1 is 0.619 bits per heavy atom. The minimum absolute atomic E-state index is 0.0827. The Kier molecular flexibility index (Phi) is 13.8. The zero-order valence-corrected chi connectivity index (χ0v) is 36.9. The van der Waals surface area contributed by atoms with Crippen LogP contribution in [0.1, 0.15) is 78.6 Å². The third-order valence-corrected chi connectivity index (χ3v) is 10.8. The molecule has 0 unspecified atom stereocenters. The van der Waals surface area contributed by atoms with E-state index in [0.717, 1.165) is 11.1 Å². The van der Waals surface area contributed by atoms with Gasteiger partial charge in [-0.2, -0.15) is 0 Å². The van der Waals surface area contributed by atoms with E-state index in [1.807, 2.05) is 102 Å². The highest BCUT2D eigenvalue weighted by atomic mass is 16.5. The van der Waals surface area contributed by atoms with Crippen LogP contribution in [0.15, 0.2) is 108 Å². The maximum absolute atomic E-state index is 13.4. The van der Waals surface area contributed by atoms with Crippen LogP contribution < -0.4 is 10.6 Å². The van der Waals surface area contributed by atoms with Crippen molar-refractivity contribution in [3.8, 4) is 22.8 Å². The number of ether oxygens (including phenoxy) is 2. The molecule has 330 valence electrons. The first-order chi connectivity index (χ1) is 30.0. The molecule has 2 aliphatic heterocycles. The van der Waals surface area contributed by atoms with Gasteiger partial charge in [0.1, 0.15) is 0 Å². The van der Waals surface area contributed by atoms with E-state index in [-0.39, 0.29) is 84.8 Å². The van der Waals surface area contributed by atoms with E-state index >= 15 is 0 Å². The van der Waals surface area contributed by atoms with Crippen molar-refractivity contribution in [1.29, 1.82) is 0 Å². The number of hydrogen-bond acceptors (Lipinski definition) is 10. The number of benzene rings is 2. The summed E-state index contributed by atoms with van der Waals surface area (Å²) in [7, 11) is 0. The first-order valence-electron chi connectivity index (χ1n) is 21.5. The van der Waals surface area contributed by atoms with Crippen molar-refractivity contribution in [2.45, 2.75) is 116 Å². The molecule has 0 saturated carbocycles. The van der Waals surface area contributed by atoms with Gasteiger partial charge in [-0.25, -0.2) is 4.98 Å². The summed E-state index contributed by atoms with van der Waals surface area (Å²) in [6.45, 7) is 12.8. The molecule has 2 N–H and O–H groups in total. The number of likely N-dealkylation sites (tertiary alicyclic amines) is 2. The number of amides is 4. The fraction of sp³-hybridized carbons (Fsp3) is 0.408. The van der Waals surface area contributed by atoms with Gasteiger partial charge >= 0.3 is 0 Å². The van der Waals surface area contributed by atoms with Crippen molar-refractivity contribution in [2.24, 2.45) is 0 Å². The van der Waals surface area contributed by atoms with Crippen LogP contribution in [0.2, 0.25) is 0 Å². The molecule has 14 nitrogen and oxygen atoms in total. The average molecular weight is 856 g/mol. The molecule has 5 heterocycles. The predicted molar refractivity (Wildman–Crippen MR) is 239 cm³/mol. The highest BCUT2D eigenvalue weighted by Crippen LogP contribution is 2.31. The number of carbonyl (C=O) groups is 4. The van der Waals surface area contributed by atoms with Crippen LogP contribution in [-0.2, 0) is 41.5 Å². The van der Waals surface area contributed by atoms with Gasteiger partial charge in [-0.15, -0.1) is 0 Å². The first-order valence-corrected chi connectivity index (χ1v) is 21.5. The SMILES string of the molecule is CC(C)(C)O[C@@H]1C[C@@H](CC(=O)Nc2ccc(-c3cnc(-c4ccc(NC(=O)C[C@@H]5C[C@@H](OC(C)(C)C)CN5C(=O)Cc5ccccn5)cc4)o3)cc2)N(C(=O)Cc2ccccn2)C1. The number of nitrogens with one attached hydrogen (secondary N) is 2. The van der Waals surface area contributed by atoms with Crippen molar-refractivity contribution in [3.63, 3.8) is 0 Å². The summed E-state index contributed by atoms with van der Waals surface area (Å²) >= 11 is 0. The Morgan fingerprint density at radius 2 is 1.06 bits per heavy atom. The zero-order chi connectivity index (χ0) is 44.7. The van der Waals surface area contributed by atoms with Crippen LogP contribution in [0.5, 0.6) is 0 Å². The maximum Gasteiger partial charge on any atom is 0.228 e. The molecule has 7 rings (SSSR count). The molecular formula is C49H57N7O7. The third-order valence-electron chi connectivity index (χ3n) is 10.8. The summed E-state index contributed by atoms with van der Waals surface area (Å²) in [5.41, 5.74) is 3.31. The number of nitrogens with zero attached hydrogens (tertiary/aromatic N) is 5. The number of carbonyl (C=O) groups excluding carboxylic acids is 4. The monoisotopic (exact) mass is 855 g/mol. The summed E-state index contributed by atoms with van der Waals surface area (Å²) in [5, 5.41) is 5.96. The van der Waals surface area contributed by atoms with E-state index in [0.29, 0.717) is 60.3 Å². The quantitative estimate of drug-likeness (QED) is 0.114. The molecule has 0 spiro atoms. The Labute approximate surface area is 368 Å². The lowest BCUT2D eigenvalue weighted by atomic mass is 10.1. The standard InChI is InChI=1S/C49H57N7O7/c1-48(2,3)62-40-25-38(55(30-40)45(59)23-36-11-7-9-21-50-36)27-43(57)53-34-17-13-32(14-18-34)42-29-52-47(61-42)33-15-19-35(20-16-33)54-44(58)28-39-26-41(63-49(4,5)6)31-56(39)46(60)24-37-12-8-10-22-51-37/h7-22,29,38-41H,23-28,30-31H2,1-6H3,(H,53,57)(H,54,58)/t38-,39-,40+,41+/m0/s1. The van der Waals surface area contributed by atoms with E-state index in [1.165, 1.54) is 0 Å². The first kappa shape index (κ1) is 44.8. The Morgan fingerprint density at radius 3 is 1.48 bits per heavy atom. The second kappa shape index (κ2) is 19.4. The van der Waals surface area contributed by atoms with Gasteiger partial charge in [0, 0.05) is 84.3 Å². The fourth-order valence-corrected chi connectivity index (χ4v) is 8.24. The average Bonchev–Trinajstić information content (AvgIpc) is 3.97. The number of oxazole rings is 1.